The van der Waals surface area contributed by atoms with Gasteiger partial charge in [-0.15, -0.1) is 0 Å². The van der Waals surface area contributed by atoms with E-state index in [1.165, 1.54) is 11.6 Å². The molecule has 0 aliphatic heterocycles. The molecule has 17 heavy (non-hydrogen) atoms. The lowest BCUT2D eigenvalue weighted by Gasteiger charge is -2.15. The van der Waals surface area contributed by atoms with E-state index in [9.17, 15) is 4.39 Å². The number of hydrogen-bond donors (Lipinski definition) is 1. The van der Waals surface area contributed by atoms with Crippen LogP contribution in [0.25, 0.3) is 10.9 Å². The summed E-state index contributed by atoms with van der Waals surface area (Å²) >= 11 is 0. The van der Waals surface area contributed by atoms with E-state index in [-0.39, 0.29) is 5.82 Å². The molecule has 2 rings (SSSR count). The van der Waals surface area contributed by atoms with Crippen LogP contribution in [0.2, 0.25) is 0 Å². The summed E-state index contributed by atoms with van der Waals surface area (Å²) in [6, 6.07) is 4.74. The number of anilines is 1. The number of halogens is 1. The third kappa shape index (κ3) is 2.09. The molecule has 1 heterocycles. The Balaban J connectivity index is 2.79. The number of fused-ring (bicyclic) bond motifs is 1. The summed E-state index contributed by atoms with van der Waals surface area (Å²) in [6.07, 6.45) is 0.896. The first-order valence-electron chi connectivity index (χ1n) is 6.00. The van der Waals surface area contributed by atoms with E-state index in [1.54, 1.807) is 12.1 Å². The van der Waals surface area contributed by atoms with Crippen LogP contribution >= 0.6 is 0 Å². The Morgan fingerprint density at radius 3 is 2.71 bits per heavy atom. The Labute approximate surface area is 101 Å². The van der Waals surface area contributed by atoms with Crippen molar-refractivity contribution in [1.82, 2.24) is 4.98 Å². The van der Waals surface area contributed by atoms with Gasteiger partial charge in [-0.2, -0.15) is 0 Å². The minimum absolute atomic E-state index is 0.218. The van der Waals surface area contributed by atoms with Gasteiger partial charge in [0.25, 0.3) is 0 Å². The van der Waals surface area contributed by atoms with E-state index in [0.29, 0.717) is 0 Å². The summed E-state index contributed by atoms with van der Waals surface area (Å²) < 4.78 is 13.3. The SMILES string of the molecule is CCNc1c(CC)c(C)nc2ccc(F)cc12. The average Bonchev–Trinajstić information content (AvgIpc) is 2.30. The second-order valence-electron chi connectivity index (χ2n) is 4.10. The van der Waals surface area contributed by atoms with Gasteiger partial charge >= 0.3 is 0 Å². The summed E-state index contributed by atoms with van der Waals surface area (Å²) in [4.78, 5) is 4.52. The summed E-state index contributed by atoms with van der Waals surface area (Å²) in [5.74, 6) is -0.218. The van der Waals surface area contributed by atoms with Crippen molar-refractivity contribution < 1.29 is 4.39 Å². The zero-order valence-electron chi connectivity index (χ0n) is 10.5. The smallest absolute Gasteiger partial charge is 0.124 e. The average molecular weight is 232 g/mol. The van der Waals surface area contributed by atoms with E-state index >= 15 is 0 Å². The van der Waals surface area contributed by atoms with Gasteiger partial charge < -0.3 is 5.32 Å². The highest BCUT2D eigenvalue weighted by Gasteiger charge is 2.11. The highest BCUT2D eigenvalue weighted by atomic mass is 19.1. The first-order valence-corrected chi connectivity index (χ1v) is 6.00. The molecule has 1 aromatic carbocycles. The maximum absolute atomic E-state index is 13.3. The molecule has 90 valence electrons. The van der Waals surface area contributed by atoms with Crippen LogP contribution in [0, 0.1) is 12.7 Å². The molecule has 0 saturated carbocycles. The largest absolute Gasteiger partial charge is 0.384 e. The summed E-state index contributed by atoms with van der Waals surface area (Å²) in [5, 5.41) is 4.20. The summed E-state index contributed by atoms with van der Waals surface area (Å²) in [7, 11) is 0. The van der Waals surface area contributed by atoms with Crippen LogP contribution in [0.3, 0.4) is 0 Å². The molecule has 1 aromatic heterocycles. The molecule has 1 N–H and O–H groups in total. The number of nitrogens with one attached hydrogen (secondary N) is 1. The zero-order valence-corrected chi connectivity index (χ0v) is 10.5. The van der Waals surface area contributed by atoms with Crippen LogP contribution in [0.5, 0.6) is 0 Å². The molecule has 0 atom stereocenters. The Bertz CT molecular complexity index is 549. The van der Waals surface area contributed by atoms with Crippen LogP contribution in [0.15, 0.2) is 18.2 Å². The van der Waals surface area contributed by atoms with Gasteiger partial charge in [-0.1, -0.05) is 6.92 Å². The van der Waals surface area contributed by atoms with Crippen LogP contribution in [0.4, 0.5) is 10.1 Å². The molecule has 3 heteroatoms. The molecule has 0 saturated heterocycles. The molecule has 0 bridgehead atoms. The van der Waals surface area contributed by atoms with Crippen molar-refractivity contribution in [3.05, 3.63) is 35.3 Å². The monoisotopic (exact) mass is 232 g/mol. The fourth-order valence-corrected chi connectivity index (χ4v) is 2.21. The maximum atomic E-state index is 13.3. The van der Waals surface area contributed by atoms with Crippen molar-refractivity contribution in [2.24, 2.45) is 0 Å². The van der Waals surface area contributed by atoms with Crippen LogP contribution < -0.4 is 5.32 Å². The standard InChI is InChI=1S/C14H17FN2/c1-4-11-9(3)17-13-7-6-10(15)8-12(13)14(11)16-5-2/h6-8H,4-5H2,1-3H3,(H,16,17). The topological polar surface area (TPSA) is 24.9 Å². The Hall–Kier alpha value is -1.64. The lowest BCUT2D eigenvalue weighted by molar-refractivity contribution is 0.629. The van der Waals surface area contributed by atoms with Crippen molar-refractivity contribution in [3.63, 3.8) is 0 Å². The fraction of sp³-hybridized carbons (Fsp3) is 0.357. The molecule has 0 aliphatic rings. The number of hydrogen-bond acceptors (Lipinski definition) is 2. The van der Waals surface area contributed by atoms with Crippen molar-refractivity contribution in [2.75, 3.05) is 11.9 Å². The molecule has 2 nitrogen and oxygen atoms in total. The van der Waals surface area contributed by atoms with E-state index < -0.39 is 0 Å². The van der Waals surface area contributed by atoms with Gasteiger partial charge in [-0.3, -0.25) is 4.98 Å². The molecule has 0 radical (unpaired) electrons. The van der Waals surface area contributed by atoms with Crippen LogP contribution in [0.1, 0.15) is 25.1 Å². The Morgan fingerprint density at radius 1 is 1.29 bits per heavy atom. The number of rotatable bonds is 3. The van der Waals surface area contributed by atoms with E-state index in [4.69, 9.17) is 0 Å². The second kappa shape index (κ2) is 4.70. The third-order valence-corrected chi connectivity index (χ3v) is 2.96. The molecule has 0 unspecified atom stereocenters. The predicted molar refractivity (Wildman–Crippen MR) is 70.0 cm³/mol. The number of aryl methyl sites for hydroxylation is 1. The lowest BCUT2D eigenvalue weighted by Crippen LogP contribution is -2.05. The lowest BCUT2D eigenvalue weighted by atomic mass is 10.0. The Morgan fingerprint density at radius 2 is 2.06 bits per heavy atom. The van der Waals surface area contributed by atoms with E-state index in [0.717, 1.165) is 35.2 Å². The van der Waals surface area contributed by atoms with Gasteiger partial charge in [0, 0.05) is 23.3 Å². The first kappa shape index (κ1) is 11.8. The quantitative estimate of drug-likeness (QED) is 0.873. The Kier molecular flexibility index (Phi) is 3.27. The molecule has 2 aromatic rings. The van der Waals surface area contributed by atoms with Gasteiger partial charge in [0.1, 0.15) is 5.82 Å². The molecule has 0 fully saturated rings. The first-order chi connectivity index (χ1) is 8.17. The van der Waals surface area contributed by atoms with Crippen LogP contribution in [-0.4, -0.2) is 11.5 Å². The van der Waals surface area contributed by atoms with Crippen molar-refractivity contribution in [3.8, 4) is 0 Å². The van der Waals surface area contributed by atoms with Crippen molar-refractivity contribution >= 4 is 16.6 Å². The second-order valence-corrected chi connectivity index (χ2v) is 4.10. The third-order valence-electron chi connectivity index (χ3n) is 2.96. The number of pyridine rings is 1. The van der Waals surface area contributed by atoms with E-state index in [1.807, 2.05) is 13.8 Å². The van der Waals surface area contributed by atoms with Gasteiger partial charge in [-0.25, -0.2) is 4.39 Å². The van der Waals surface area contributed by atoms with Gasteiger partial charge in [0.15, 0.2) is 0 Å². The number of aromatic nitrogens is 1. The fourth-order valence-electron chi connectivity index (χ4n) is 2.21. The molecular formula is C14H17FN2. The molecule has 0 aliphatic carbocycles. The number of nitrogens with zero attached hydrogens (tertiary/aromatic N) is 1. The van der Waals surface area contributed by atoms with Crippen LogP contribution in [-0.2, 0) is 6.42 Å². The predicted octanol–water partition coefficient (Wildman–Crippen LogP) is 3.68. The minimum Gasteiger partial charge on any atom is -0.384 e. The minimum atomic E-state index is -0.218. The van der Waals surface area contributed by atoms with E-state index in [2.05, 4.69) is 17.2 Å². The van der Waals surface area contributed by atoms with Gasteiger partial charge in [-0.05, 0) is 44.0 Å². The van der Waals surface area contributed by atoms with Crippen molar-refractivity contribution in [1.29, 1.82) is 0 Å². The number of benzene rings is 1. The summed E-state index contributed by atoms with van der Waals surface area (Å²) in [6.45, 7) is 6.96. The van der Waals surface area contributed by atoms with Gasteiger partial charge in [0.05, 0.1) is 5.52 Å². The summed E-state index contributed by atoms with van der Waals surface area (Å²) in [5.41, 5.74) is 4.06. The van der Waals surface area contributed by atoms with Crippen molar-refractivity contribution in [2.45, 2.75) is 27.2 Å². The molecule has 0 spiro atoms. The molecular weight excluding hydrogens is 215 g/mol. The van der Waals surface area contributed by atoms with Gasteiger partial charge in [0.2, 0.25) is 0 Å². The normalized spacial score (nSPS) is 10.8. The zero-order chi connectivity index (χ0) is 12.4. The highest BCUT2D eigenvalue weighted by molar-refractivity contribution is 5.93. The molecule has 0 amide bonds. The maximum Gasteiger partial charge on any atom is 0.124 e. The highest BCUT2D eigenvalue weighted by Crippen LogP contribution is 2.29.